The molecule has 1 unspecified atom stereocenters. The van der Waals surface area contributed by atoms with Crippen LogP contribution in [0.5, 0.6) is 0 Å². The number of carbonyl (C=O) groups excluding carboxylic acids is 1. The molecule has 3 nitrogen and oxygen atoms in total. The Kier molecular flexibility index (Phi) is 5.14. The summed E-state index contributed by atoms with van der Waals surface area (Å²) in [5.41, 5.74) is 0.904. The normalized spacial score (nSPS) is 21.4. The Bertz CT molecular complexity index is 536. The third-order valence-electron chi connectivity index (χ3n) is 3.38. The molecule has 1 aliphatic rings. The standard InChI is InChI=1S/C15H19NO2S2/c1-15(6-4-8-20-15)14(18)16(2)10-13-9-12(11-19-13)5-3-7-17/h9,11,17H,4,6-8,10H2,1-2H3. The van der Waals surface area contributed by atoms with Gasteiger partial charge in [0.15, 0.2) is 0 Å². The predicted octanol–water partition coefficient (Wildman–Crippen LogP) is 2.34. The highest BCUT2D eigenvalue weighted by Crippen LogP contribution is 2.39. The fourth-order valence-electron chi connectivity index (χ4n) is 2.33. The zero-order valence-corrected chi connectivity index (χ0v) is 13.4. The van der Waals surface area contributed by atoms with Crippen LogP contribution in [0.3, 0.4) is 0 Å². The zero-order valence-electron chi connectivity index (χ0n) is 11.8. The van der Waals surface area contributed by atoms with Crippen LogP contribution in [0.15, 0.2) is 11.4 Å². The second kappa shape index (κ2) is 6.66. The number of nitrogens with zero attached hydrogens (tertiary/aromatic N) is 1. The Balaban J connectivity index is 1.98. The summed E-state index contributed by atoms with van der Waals surface area (Å²) in [5.74, 6) is 6.81. The van der Waals surface area contributed by atoms with E-state index in [1.54, 1.807) is 23.1 Å². The van der Waals surface area contributed by atoms with E-state index in [2.05, 4.69) is 18.8 Å². The molecule has 0 aliphatic carbocycles. The molecule has 1 aromatic heterocycles. The Morgan fingerprint density at radius 1 is 1.60 bits per heavy atom. The number of carbonyl (C=O) groups is 1. The average molecular weight is 309 g/mol. The minimum atomic E-state index is -0.245. The van der Waals surface area contributed by atoms with Crippen molar-refractivity contribution in [2.45, 2.75) is 31.1 Å². The summed E-state index contributed by atoms with van der Waals surface area (Å²) in [7, 11) is 1.87. The minimum Gasteiger partial charge on any atom is -0.384 e. The van der Waals surface area contributed by atoms with Crippen molar-refractivity contribution in [3.63, 3.8) is 0 Å². The molecule has 1 amide bonds. The van der Waals surface area contributed by atoms with Gasteiger partial charge in [-0.25, -0.2) is 0 Å². The van der Waals surface area contributed by atoms with Crippen LogP contribution in [0.2, 0.25) is 0 Å². The number of amides is 1. The maximum Gasteiger partial charge on any atom is 0.238 e. The van der Waals surface area contributed by atoms with Crippen LogP contribution >= 0.6 is 23.1 Å². The van der Waals surface area contributed by atoms with Crippen molar-refractivity contribution in [2.24, 2.45) is 0 Å². The molecular formula is C15H19NO2S2. The molecule has 0 radical (unpaired) electrons. The molecule has 1 aromatic rings. The lowest BCUT2D eigenvalue weighted by Gasteiger charge is -2.27. The zero-order chi connectivity index (χ0) is 14.6. The Labute approximate surface area is 128 Å². The van der Waals surface area contributed by atoms with Crippen LogP contribution < -0.4 is 0 Å². The van der Waals surface area contributed by atoms with Crippen molar-refractivity contribution in [3.8, 4) is 11.8 Å². The molecule has 20 heavy (non-hydrogen) atoms. The van der Waals surface area contributed by atoms with Crippen LogP contribution in [-0.4, -0.2) is 40.1 Å². The lowest BCUT2D eigenvalue weighted by Crippen LogP contribution is -2.41. The molecule has 1 aliphatic heterocycles. The fraction of sp³-hybridized carbons (Fsp3) is 0.533. The lowest BCUT2D eigenvalue weighted by atomic mass is 10.0. The van der Waals surface area contributed by atoms with Crippen LogP contribution in [0.4, 0.5) is 0 Å². The van der Waals surface area contributed by atoms with Crippen molar-refractivity contribution < 1.29 is 9.90 Å². The van der Waals surface area contributed by atoms with E-state index in [4.69, 9.17) is 5.11 Å². The van der Waals surface area contributed by atoms with E-state index in [0.717, 1.165) is 29.0 Å². The summed E-state index contributed by atoms with van der Waals surface area (Å²) in [4.78, 5) is 15.4. The van der Waals surface area contributed by atoms with E-state index in [-0.39, 0.29) is 17.3 Å². The largest absolute Gasteiger partial charge is 0.384 e. The number of aliphatic hydroxyl groups is 1. The first-order valence-corrected chi connectivity index (χ1v) is 8.48. The maximum absolute atomic E-state index is 12.5. The van der Waals surface area contributed by atoms with Gasteiger partial charge < -0.3 is 10.0 Å². The highest BCUT2D eigenvalue weighted by Gasteiger charge is 2.39. The number of hydrogen-bond acceptors (Lipinski definition) is 4. The second-order valence-corrected chi connectivity index (χ2v) is 7.70. The van der Waals surface area contributed by atoms with E-state index in [0.29, 0.717) is 6.54 Å². The summed E-state index contributed by atoms with van der Waals surface area (Å²) >= 11 is 3.37. The van der Waals surface area contributed by atoms with Gasteiger partial charge in [0.25, 0.3) is 0 Å². The molecule has 0 saturated carbocycles. The molecule has 1 fully saturated rings. The van der Waals surface area contributed by atoms with Gasteiger partial charge >= 0.3 is 0 Å². The molecule has 1 atom stereocenters. The first-order chi connectivity index (χ1) is 9.55. The third kappa shape index (κ3) is 3.57. The van der Waals surface area contributed by atoms with E-state index >= 15 is 0 Å². The van der Waals surface area contributed by atoms with Crippen molar-refractivity contribution in [1.29, 1.82) is 0 Å². The summed E-state index contributed by atoms with van der Waals surface area (Å²) in [6.45, 7) is 2.55. The topological polar surface area (TPSA) is 40.5 Å². The average Bonchev–Trinajstić information content (AvgIpc) is 3.05. The molecule has 0 spiro atoms. The van der Waals surface area contributed by atoms with Gasteiger partial charge in [0, 0.05) is 22.9 Å². The maximum atomic E-state index is 12.5. The lowest BCUT2D eigenvalue weighted by molar-refractivity contribution is -0.132. The number of aliphatic hydroxyl groups excluding tert-OH is 1. The molecule has 1 saturated heterocycles. The van der Waals surface area contributed by atoms with Crippen molar-refractivity contribution in [1.82, 2.24) is 4.90 Å². The molecule has 108 valence electrons. The van der Waals surface area contributed by atoms with Gasteiger partial charge in [-0.1, -0.05) is 11.8 Å². The van der Waals surface area contributed by atoms with Gasteiger partial charge in [-0.2, -0.15) is 0 Å². The molecular weight excluding hydrogens is 290 g/mol. The highest BCUT2D eigenvalue weighted by molar-refractivity contribution is 8.01. The molecule has 5 heteroatoms. The molecule has 1 N–H and O–H groups in total. The van der Waals surface area contributed by atoms with E-state index in [9.17, 15) is 4.79 Å². The van der Waals surface area contributed by atoms with Crippen molar-refractivity contribution in [3.05, 3.63) is 21.9 Å². The second-order valence-electron chi connectivity index (χ2n) is 5.11. The smallest absolute Gasteiger partial charge is 0.238 e. The number of rotatable bonds is 3. The summed E-state index contributed by atoms with van der Waals surface area (Å²) < 4.78 is -0.245. The Morgan fingerprint density at radius 2 is 2.40 bits per heavy atom. The first-order valence-electron chi connectivity index (χ1n) is 6.62. The minimum absolute atomic E-state index is 0.126. The molecule has 2 heterocycles. The van der Waals surface area contributed by atoms with Gasteiger partial charge in [-0.05, 0) is 31.6 Å². The highest BCUT2D eigenvalue weighted by atomic mass is 32.2. The van der Waals surface area contributed by atoms with Gasteiger partial charge in [0.1, 0.15) is 6.61 Å². The molecule has 0 bridgehead atoms. The van der Waals surface area contributed by atoms with Crippen LogP contribution in [0.25, 0.3) is 0 Å². The summed E-state index contributed by atoms with van der Waals surface area (Å²) in [5, 5.41) is 10.6. The number of thiophene rings is 1. The summed E-state index contributed by atoms with van der Waals surface area (Å²) in [6, 6.07) is 1.99. The quantitative estimate of drug-likeness (QED) is 0.871. The third-order valence-corrected chi connectivity index (χ3v) is 5.81. The van der Waals surface area contributed by atoms with Crippen molar-refractivity contribution in [2.75, 3.05) is 19.4 Å². The van der Waals surface area contributed by atoms with Gasteiger partial charge in [-0.3, -0.25) is 4.79 Å². The Hall–Kier alpha value is -0.960. The number of hydrogen-bond donors (Lipinski definition) is 1. The van der Waals surface area contributed by atoms with Crippen LogP contribution in [-0.2, 0) is 11.3 Å². The van der Waals surface area contributed by atoms with Gasteiger partial charge in [0.2, 0.25) is 5.91 Å². The fourth-order valence-corrected chi connectivity index (χ4v) is 4.50. The predicted molar refractivity (Wildman–Crippen MR) is 84.9 cm³/mol. The van der Waals surface area contributed by atoms with Crippen molar-refractivity contribution >= 4 is 29.0 Å². The van der Waals surface area contributed by atoms with E-state index < -0.39 is 0 Å². The SMILES string of the molecule is CN(Cc1cc(C#CCO)cs1)C(=O)C1(C)CCCS1. The van der Waals surface area contributed by atoms with Gasteiger partial charge in [-0.15, -0.1) is 23.1 Å². The molecule has 2 rings (SSSR count). The monoisotopic (exact) mass is 309 g/mol. The first kappa shape index (κ1) is 15.4. The van der Waals surface area contributed by atoms with Crippen LogP contribution in [0.1, 0.15) is 30.2 Å². The van der Waals surface area contributed by atoms with E-state index in [1.165, 1.54) is 0 Å². The Morgan fingerprint density at radius 3 is 3.05 bits per heavy atom. The van der Waals surface area contributed by atoms with Crippen LogP contribution in [0, 0.1) is 11.8 Å². The summed E-state index contributed by atoms with van der Waals surface area (Å²) in [6.07, 6.45) is 2.10. The molecule has 0 aromatic carbocycles. The van der Waals surface area contributed by atoms with E-state index in [1.807, 2.05) is 23.4 Å². The number of thioether (sulfide) groups is 1. The van der Waals surface area contributed by atoms with Gasteiger partial charge in [0.05, 0.1) is 11.3 Å².